The van der Waals surface area contributed by atoms with Gasteiger partial charge in [-0.15, -0.1) is 11.3 Å². The first kappa shape index (κ1) is 17.6. The fourth-order valence-corrected chi connectivity index (χ4v) is 4.73. The molecule has 3 unspecified atom stereocenters. The van der Waals surface area contributed by atoms with Gasteiger partial charge in [0.05, 0.1) is 5.69 Å². The largest absolute Gasteiger partial charge is 0.316 e. The number of aromatic nitrogens is 1. The lowest BCUT2D eigenvalue weighted by atomic mass is 9.89. The maximum Gasteiger partial charge on any atom is 0.245 e. The Hall–Kier alpha value is -1.80. The zero-order valence-electron chi connectivity index (χ0n) is 15.1. The number of carbonyl (C=O) groups excluding carboxylic acids is 1. The number of piperidine rings is 1. The molecule has 2 aromatic rings. The number of amides is 1. The maximum atomic E-state index is 12.8. The van der Waals surface area contributed by atoms with E-state index in [-0.39, 0.29) is 17.9 Å². The number of hydrogen-bond acceptors (Lipinski definition) is 6. The predicted molar refractivity (Wildman–Crippen MR) is 105 cm³/mol. The molecule has 26 heavy (non-hydrogen) atoms. The van der Waals surface area contributed by atoms with Crippen molar-refractivity contribution in [3.63, 3.8) is 0 Å². The molecule has 7 heteroatoms. The van der Waals surface area contributed by atoms with Crippen molar-refractivity contribution in [1.82, 2.24) is 21.2 Å². The summed E-state index contributed by atoms with van der Waals surface area (Å²) in [4.78, 5) is 18.8. The van der Waals surface area contributed by atoms with E-state index in [4.69, 9.17) is 4.98 Å². The zero-order valence-corrected chi connectivity index (χ0v) is 15.9. The molecular weight excluding hydrogens is 346 g/mol. The molecule has 2 aliphatic heterocycles. The molecule has 1 aromatic carbocycles. The summed E-state index contributed by atoms with van der Waals surface area (Å²) in [5, 5.41) is 7.09. The molecule has 4 N–H and O–H groups in total. The molecule has 0 spiro atoms. The first-order valence-corrected chi connectivity index (χ1v) is 10.0. The first-order valence-electron chi connectivity index (χ1n) is 9.22. The van der Waals surface area contributed by atoms with Gasteiger partial charge in [0.2, 0.25) is 5.91 Å². The van der Waals surface area contributed by atoms with E-state index in [1.807, 2.05) is 18.2 Å². The van der Waals surface area contributed by atoms with Gasteiger partial charge in [-0.05, 0) is 18.9 Å². The van der Waals surface area contributed by atoms with Gasteiger partial charge in [-0.2, -0.15) is 0 Å². The van der Waals surface area contributed by atoms with Gasteiger partial charge in [0.25, 0.3) is 0 Å². The molecule has 0 radical (unpaired) electrons. The lowest BCUT2D eigenvalue weighted by Crippen LogP contribution is -2.47. The lowest BCUT2D eigenvalue weighted by Gasteiger charge is -2.27. The number of nitrogens with zero attached hydrogens (tertiary/aromatic N) is 1. The number of fused-ring (bicyclic) bond motifs is 1. The highest BCUT2D eigenvalue weighted by Crippen LogP contribution is 2.36. The van der Waals surface area contributed by atoms with E-state index in [9.17, 15) is 4.79 Å². The quantitative estimate of drug-likeness (QED) is 0.664. The van der Waals surface area contributed by atoms with Crippen LogP contribution in [0.5, 0.6) is 0 Å². The van der Waals surface area contributed by atoms with Crippen LogP contribution in [0.1, 0.15) is 31.1 Å². The van der Waals surface area contributed by atoms with E-state index < -0.39 is 0 Å². The summed E-state index contributed by atoms with van der Waals surface area (Å²) in [6, 6.07) is 10.3. The van der Waals surface area contributed by atoms with Crippen molar-refractivity contribution in [3.05, 3.63) is 35.2 Å². The van der Waals surface area contributed by atoms with Crippen molar-refractivity contribution >= 4 is 22.4 Å². The Kier molecular flexibility index (Phi) is 5.04. The Morgan fingerprint density at radius 3 is 2.85 bits per heavy atom. The van der Waals surface area contributed by atoms with Crippen LogP contribution in [0.15, 0.2) is 30.3 Å². The number of rotatable bonds is 4. The molecule has 3 heterocycles. The van der Waals surface area contributed by atoms with Gasteiger partial charge < -0.3 is 10.6 Å². The fourth-order valence-electron chi connectivity index (χ4n) is 3.74. The Bertz CT molecular complexity index is 775. The van der Waals surface area contributed by atoms with Crippen LogP contribution >= 0.6 is 11.3 Å². The molecule has 6 nitrogen and oxygen atoms in total. The third-order valence-corrected chi connectivity index (χ3v) is 6.39. The summed E-state index contributed by atoms with van der Waals surface area (Å²) in [6.45, 7) is 6.17. The molecule has 1 amide bonds. The molecule has 4 rings (SSSR count). The molecule has 2 fully saturated rings. The highest BCUT2D eigenvalue weighted by atomic mass is 32.1. The third kappa shape index (κ3) is 3.40. The average Bonchev–Trinajstić information content (AvgIpc) is 3.26. The van der Waals surface area contributed by atoms with E-state index in [0.717, 1.165) is 30.8 Å². The molecule has 2 aliphatic rings. The third-order valence-electron chi connectivity index (χ3n) is 5.12. The van der Waals surface area contributed by atoms with Crippen molar-refractivity contribution < 1.29 is 4.79 Å². The van der Waals surface area contributed by atoms with Crippen LogP contribution in [-0.4, -0.2) is 36.1 Å². The molecule has 1 aromatic heterocycles. The van der Waals surface area contributed by atoms with Gasteiger partial charge in [-0.3, -0.25) is 10.2 Å². The molecule has 3 atom stereocenters. The average molecular weight is 372 g/mol. The standard InChI is InChI=1S/C19H25N5OS/c1-11(2)17-15(12-6-4-3-5-7-12)21-19(26-17)22-18(25)16-13-10-20-9-8-14(13)23-24-16/h3-7,11,13-14,16,20,23-24H,8-10H2,1-2H3,(H,21,22,25). The summed E-state index contributed by atoms with van der Waals surface area (Å²) in [6.07, 6.45) is 1.04. The van der Waals surface area contributed by atoms with Gasteiger partial charge in [-0.25, -0.2) is 10.4 Å². The number of hydrogen-bond donors (Lipinski definition) is 4. The number of hydrazine groups is 1. The van der Waals surface area contributed by atoms with Crippen LogP contribution in [0.25, 0.3) is 11.3 Å². The molecule has 2 saturated heterocycles. The van der Waals surface area contributed by atoms with Crippen LogP contribution < -0.4 is 21.5 Å². The minimum atomic E-state index is -0.237. The summed E-state index contributed by atoms with van der Waals surface area (Å²) >= 11 is 1.57. The number of anilines is 1. The van der Waals surface area contributed by atoms with Crippen LogP contribution in [0.2, 0.25) is 0 Å². The summed E-state index contributed by atoms with van der Waals surface area (Å²) in [5.41, 5.74) is 8.49. The van der Waals surface area contributed by atoms with Gasteiger partial charge >= 0.3 is 0 Å². The SMILES string of the molecule is CC(C)c1sc(NC(=O)C2NNC3CCNCC32)nc1-c1ccccc1. The molecule has 0 aliphatic carbocycles. The highest BCUT2D eigenvalue weighted by Gasteiger charge is 2.41. The van der Waals surface area contributed by atoms with E-state index >= 15 is 0 Å². The Labute approximate surface area is 157 Å². The predicted octanol–water partition coefficient (Wildman–Crippen LogP) is 2.33. The smallest absolute Gasteiger partial charge is 0.245 e. The minimum absolute atomic E-state index is 0.0163. The molecular formula is C19H25N5OS. The Morgan fingerprint density at radius 2 is 2.08 bits per heavy atom. The van der Waals surface area contributed by atoms with Crippen molar-refractivity contribution in [2.75, 3.05) is 18.4 Å². The van der Waals surface area contributed by atoms with Crippen molar-refractivity contribution in [2.24, 2.45) is 5.92 Å². The first-order chi connectivity index (χ1) is 12.6. The van der Waals surface area contributed by atoms with Crippen LogP contribution in [0.3, 0.4) is 0 Å². The summed E-state index contributed by atoms with van der Waals surface area (Å²) in [7, 11) is 0. The van der Waals surface area contributed by atoms with Gasteiger partial charge in [0.15, 0.2) is 5.13 Å². The van der Waals surface area contributed by atoms with E-state index in [1.54, 1.807) is 11.3 Å². The summed E-state index contributed by atoms with van der Waals surface area (Å²) in [5.74, 6) is 0.603. The van der Waals surface area contributed by atoms with Crippen molar-refractivity contribution in [1.29, 1.82) is 0 Å². The second-order valence-electron chi connectivity index (χ2n) is 7.27. The molecule has 0 saturated carbocycles. The normalized spacial score (nSPS) is 25.3. The van der Waals surface area contributed by atoms with E-state index in [1.165, 1.54) is 4.88 Å². The van der Waals surface area contributed by atoms with Gasteiger partial charge in [0, 0.05) is 28.9 Å². The topological polar surface area (TPSA) is 78.1 Å². The maximum absolute atomic E-state index is 12.8. The minimum Gasteiger partial charge on any atom is -0.316 e. The van der Waals surface area contributed by atoms with Gasteiger partial charge in [0.1, 0.15) is 6.04 Å². The molecule has 138 valence electrons. The lowest BCUT2D eigenvalue weighted by molar-refractivity contribution is -0.118. The fraction of sp³-hybridized carbons (Fsp3) is 0.474. The van der Waals surface area contributed by atoms with Crippen LogP contribution in [0, 0.1) is 5.92 Å². The Balaban J connectivity index is 1.54. The number of benzene rings is 1. The van der Waals surface area contributed by atoms with Crippen LogP contribution in [0.4, 0.5) is 5.13 Å². The number of carbonyl (C=O) groups is 1. The number of thiazole rings is 1. The zero-order chi connectivity index (χ0) is 18.1. The van der Waals surface area contributed by atoms with Crippen LogP contribution in [-0.2, 0) is 4.79 Å². The summed E-state index contributed by atoms with van der Waals surface area (Å²) < 4.78 is 0. The Morgan fingerprint density at radius 1 is 1.27 bits per heavy atom. The van der Waals surface area contributed by atoms with E-state index in [0.29, 0.717) is 17.1 Å². The molecule has 0 bridgehead atoms. The van der Waals surface area contributed by atoms with E-state index in [2.05, 4.69) is 47.5 Å². The second-order valence-corrected chi connectivity index (χ2v) is 8.30. The van der Waals surface area contributed by atoms with Gasteiger partial charge in [-0.1, -0.05) is 44.2 Å². The number of nitrogens with one attached hydrogen (secondary N) is 4. The van der Waals surface area contributed by atoms with Crippen molar-refractivity contribution in [3.8, 4) is 11.3 Å². The monoisotopic (exact) mass is 371 g/mol. The highest BCUT2D eigenvalue weighted by molar-refractivity contribution is 7.16. The van der Waals surface area contributed by atoms with Crippen molar-refractivity contribution in [2.45, 2.75) is 38.3 Å². The second kappa shape index (κ2) is 7.44.